The Morgan fingerprint density at radius 3 is 2.66 bits per heavy atom. The number of nitrogens with zero attached hydrogens (tertiary/aromatic N) is 3. The van der Waals surface area contributed by atoms with Crippen molar-refractivity contribution < 1.29 is 0 Å². The van der Waals surface area contributed by atoms with Gasteiger partial charge in [0.2, 0.25) is 0 Å². The maximum atomic E-state index is 6.83. The minimum Gasteiger partial charge on any atom is -0.370 e. The van der Waals surface area contributed by atoms with E-state index in [1.807, 2.05) is 24.4 Å². The molecule has 0 saturated carbocycles. The highest BCUT2D eigenvalue weighted by molar-refractivity contribution is 9.10. The summed E-state index contributed by atoms with van der Waals surface area (Å²) in [4.78, 5) is 10.4. The smallest absolute Gasteiger partial charge is 0.174 e. The lowest BCUT2D eigenvalue weighted by Crippen LogP contribution is -2.33. The molecule has 2 atom stereocenters. The molecule has 0 radical (unpaired) electrons. The van der Waals surface area contributed by atoms with E-state index in [0.717, 1.165) is 45.6 Å². The number of piperidine rings is 1. The molecule has 0 amide bonds. The second-order valence-electron chi connectivity index (χ2n) is 8.47. The highest BCUT2D eigenvalue weighted by Gasteiger charge is 2.41. The largest absolute Gasteiger partial charge is 0.370 e. The van der Waals surface area contributed by atoms with E-state index < -0.39 is 0 Å². The van der Waals surface area contributed by atoms with Crippen molar-refractivity contribution in [3.63, 3.8) is 0 Å². The minimum atomic E-state index is -0.0451. The summed E-state index contributed by atoms with van der Waals surface area (Å²) in [6.07, 6.45) is 4.24. The van der Waals surface area contributed by atoms with E-state index in [2.05, 4.69) is 72.6 Å². The predicted octanol–water partition coefficient (Wildman–Crippen LogP) is 6.97. The van der Waals surface area contributed by atoms with Crippen molar-refractivity contribution >= 4 is 67.6 Å². The van der Waals surface area contributed by atoms with Gasteiger partial charge in [-0.2, -0.15) is 0 Å². The molecule has 1 aromatic carbocycles. The number of thiophene rings is 1. The van der Waals surface area contributed by atoms with Gasteiger partial charge in [0, 0.05) is 39.7 Å². The van der Waals surface area contributed by atoms with E-state index in [1.165, 1.54) is 17.7 Å². The average Bonchev–Trinajstić information content (AvgIpc) is 3.38. The first kappa shape index (κ1) is 22.1. The number of anilines is 2. The van der Waals surface area contributed by atoms with Crippen molar-refractivity contribution in [2.45, 2.75) is 31.8 Å². The first-order chi connectivity index (χ1) is 15.5. The lowest BCUT2D eigenvalue weighted by molar-refractivity contribution is 0.438. The first-order valence-corrected chi connectivity index (χ1v) is 13.3. The van der Waals surface area contributed by atoms with Crippen LogP contribution in [0.25, 0.3) is 0 Å². The van der Waals surface area contributed by atoms with Gasteiger partial charge in [0.15, 0.2) is 5.11 Å². The number of halogens is 2. The van der Waals surface area contributed by atoms with Crippen LogP contribution in [0.3, 0.4) is 0 Å². The number of hydrogen-bond donors (Lipinski definition) is 1. The third kappa shape index (κ3) is 4.28. The van der Waals surface area contributed by atoms with Gasteiger partial charge in [-0.25, -0.2) is 0 Å². The quantitative estimate of drug-likeness (QED) is 0.356. The van der Waals surface area contributed by atoms with Crippen LogP contribution in [-0.2, 0) is 0 Å². The van der Waals surface area contributed by atoms with Gasteiger partial charge in [0.05, 0.1) is 28.5 Å². The molecule has 2 saturated heterocycles. The minimum absolute atomic E-state index is 0.00791. The molecule has 166 valence electrons. The highest BCUT2D eigenvalue weighted by Crippen LogP contribution is 2.45. The summed E-state index contributed by atoms with van der Waals surface area (Å²) in [6.45, 7) is 4.43. The van der Waals surface area contributed by atoms with Gasteiger partial charge < -0.3 is 15.1 Å². The summed E-state index contributed by atoms with van der Waals surface area (Å²) in [5.41, 5.74) is 3.07. The molecule has 4 heterocycles. The van der Waals surface area contributed by atoms with E-state index in [-0.39, 0.29) is 12.1 Å². The molecule has 4 nitrogen and oxygen atoms in total. The Labute approximate surface area is 211 Å². The normalized spacial score (nSPS) is 21.8. The molecule has 1 N–H and O–H groups in total. The number of nitrogens with one attached hydrogen (secondary N) is 1. The van der Waals surface area contributed by atoms with Gasteiger partial charge >= 0.3 is 0 Å². The monoisotopic (exact) mass is 546 g/mol. The SMILES string of the molecule is CC1CCN(c2ccc(N3C(=S)N[C@@H](c4ccccn4)[C@H]3c3cc(Br)cs3)cc2Cl)CC1. The molecule has 0 aliphatic carbocycles. The maximum absolute atomic E-state index is 6.83. The fraction of sp³-hybridized carbons (Fsp3) is 0.333. The van der Waals surface area contributed by atoms with Crippen LogP contribution >= 0.6 is 51.1 Å². The lowest BCUT2D eigenvalue weighted by atomic mass is 9.98. The van der Waals surface area contributed by atoms with Crippen molar-refractivity contribution in [2.75, 3.05) is 22.9 Å². The van der Waals surface area contributed by atoms with Gasteiger partial charge in [-0.3, -0.25) is 4.98 Å². The number of aromatic nitrogens is 1. The van der Waals surface area contributed by atoms with Crippen LogP contribution < -0.4 is 15.1 Å². The van der Waals surface area contributed by atoms with Crippen LogP contribution in [0.2, 0.25) is 5.02 Å². The number of thiocarbonyl (C=S) groups is 1. The van der Waals surface area contributed by atoms with Gasteiger partial charge in [0.1, 0.15) is 0 Å². The van der Waals surface area contributed by atoms with Gasteiger partial charge in [-0.05, 0) is 83.3 Å². The highest BCUT2D eigenvalue weighted by atomic mass is 79.9. The fourth-order valence-corrected chi connectivity index (χ4v) is 6.77. The summed E-state index contributed by atoms with van der Waals surface area (Å²) < 4.78 is 1.07. The van der Waals surface area contributed by atoms with E-state index in [1.54, 1.807) is 11.3 Å². The summed E-state index contributed by atoms with van der Waals surface area (Å²) in [5.74, 6) is 0.784. The van der Waals surface area contributed by atoms with Crippen LogP contribution in [0.1, 0.15) is 42.4 Å². The summed E-state index contributed by atoms with van der Waals surface area (Å²) >= 11 is 18.0. The first-order valence-electron chi connectivity index (χ1n) is 10.8. The molecule has 2 aliphatic heterocycles. The lowest BCUT2D eigenvalue weighted by Gasteiger charge is -2.33. The Balaban J connectivity index is 1.51. The van der Waals surface area contributed by atoms with E-state index in [4.69, 9.17) is 23.8 Å². The Hall–Kier alpha value is -1.67. The van der Waals surface area contributed by atoms with E-state index >= 15 is 0 Å². The molecule has 0 unspecified atom stereocenters. The predicted molar refractivity (Wildman–Crippen MR) is 142 cm³/mol. The molecule has 0 bridgehead atoms. The number of pyridine rings is 1. The third-order valence-corrected chi connectivity index (χ3v) is 8.69. The molecule has 2 aromatic heterocycles. The molecule has 3 aromatic rings. The van der Waals surface area contributed by atoms with Crippen LogP contribution in [0, 0.1) is 5.92 Å². The second kappa shape index (κ2) is 9.29. The van der Waals surface area contributed by atoms with Crippen molar-refractivity contribution in [3.8, 4) is 0 Å². The van der Waals surface area contributed by atoms with E-state index in [0.29, 0.717) is 5.11 Å². The molecule has 2 aliphatic rings. The maximum Gasteiger partial charge on any atom is 0.174 e. The fourth-order valence-electron chi connectivity index (χ4n) is 4.56. The zero-order chi connectivity index (χ0) is 22.2. The van der Waals surface area contributed by atoms with Crippen LogP contribution in [0.4, 0.5) is 11.4 Å². The molecule has 0 spiro atoms. The molecule has 5 rings (SSSR count). The molecule has 2 fully saturated rings. The van der Waals surface area contributed by atoms with Crippen molar-refractivity contribution in [1.82, 2.24) is 10.3 Å². The number of hydrogen-bond acceptors (Lipinski definition) is 4. The Bertz CT molecular complexity index is 1110. The van der Waals surface area contributed by atoms with Crippen LogP contribution in [0.5, 0.6) is 0 Å². The zero-order valence-electron chi connectivity index (χ0n) is 17.7. The summed E-state index contributed by atoms with van der Waals surface area (Å²) in [5, 5.41) is 7.08. The van der Waals surface area contributed by atoms with Gasteiger partial charge in [0.25, 0.3) is 0 Å². The standard InChI is InChI=1S/C24H24BrClN4S2/c1-15-7-10-29(11-8-15)20-6-5-17(13-18(20)26)30-23(21-12-16(25)14-32-21)22(28-24(30)31)19-4-2-3-9-27-19/h2-6,9,12-15,22-23H,7-8,10-11H2,1H3,(H,28,31)/t22-,23+/m0/s1. The summed E-state index contributed by atoms with van der Waals surface area (Å²) in [6, 6.07) is 14.5. The Morgan fingerprint density at radius 1 is 1.19 bits per heavy atom. The van der Waals surface area contributed by atoms with Crippen LogP contribution in [-0.4, -0.2) is 23.2 Å². The Kier molecular flexibility index (Phi) is 6.43. The van der Waals surface area contributed by atoms with Gasteiger partial charge in [-0.15, -0.1) is 11.3 Å². The van der Waals surface area contributed by atoms with Crippen molar-refractivity contribution in [2.24, 2.45) is 5.92 Å². The van der Waals surface area contributed by atoms with Crippen LogP contribution in [0.15, 0.2) is 58.5 Å². The molecular formula is C24H24BrClN4S2. The van der Waals surface area contributed by atoms with E-state index in [9.17, 15) is 0 Å². The average molecular weight is 548 g/mol. The Morgan fingerprint density at radius 2 is 2.00 bits per heavy atom. The topological polar surface area (TPSA) is 31.4 Å². The molecular weight excluding hydrogens is 524 g/mol. The molecule has 32 heavy (non-hydrogen) atoms. The molecule has 8 heteroatoms. The third-order valence-electron chi connectivity index (χ3n) is 6.31. The van der Waals surface area contributed by atoms with Gasteiger partial charge in [-0.1, -0.05) is 24.6 Å². The van der Waals surface area contributed by atoms with Crippen molar-refractivity contribution in [1.29, 1.82) is 0 Å². The number of rotatable bonds is 4. The van der Waals surface area contributed by atoms with Crippen molar-refractivity contribution in [3.05, 3.63) is 74.1 Å². The second-order valence-corrected chi connectivity index (χ2v) is 11.1. The number of benzene rings is 1. The summed E-state index contributed by atoms with van der Waals surface area (Å²) in [7, 11) is 0. The zero-order valence-corrected chi connectivity index (χ0v) is 21.6.